The van der Waals surface area contributed by atoms with Gasteiger partial charge in [0.1, 0.15) is 6.04 Å². The van der Waals surface area contributed by atoms with E-state index in [1.165, 1.54) is 18.9 Å². The first-order valence-corrected chi connectivity index (χ1v) is 7.52. The van der Waals surface area contributed by atoms with E-state index in [0.717, 1.165) is 5.69 Å². The van der Waals surface area contributed by atoms with E-state index in [9.17, 15) is 9.59 Å². The van der Waals surface area contributed by atoms with Gasteiger partial charge in [-0.15, -0.1) is 11.8 Å². The summed E-state index contributed by atoms with van der Waals surface area (Å²) >= 11 is 1.33. The van der Waals surface area contributed by atoms with Gasteiger partial charge in [-0.25, -0.2) is 0 Å². The Morgan fingerprint density at radius 1 is 1.35 bits per heavy atom. The zero-order valence-electron chi connectivity index (χ0n) is 11.7. The Bertz CT molecular complexity index is 439. The molecule has 6 heteroatoms. The molecule has 0 aliphatic rings. The number of methoxy groups -OCH3 is 1. The molecule has 0 spiro atoms. The average molecular weight is 296 g/mol. The Hall–Kier alpha value is -1.53. The first-order valence-electron chi connectivity index (χ1n) is 6.36. The Morgan fingerprint density at radius 3 is 2.55 bits per heavy atom. The van der Waals surface area contributed by atoms with Gasteiger partial charge in [-0.05, 0) is 19.1 Å². The van der Waals surface area contributed by atoms with Gasteiger partial charge in [0, 0.05) is 18.0 Å². The maximum atomic E-state index is 12.1. The van der Waals surface area contributed by atoms with Crippen molar-refractivity contribution in [3.8, 4) is 0 Å². The molecule has 0 fully saturated rings. The summed E-state index contributed by atoms with van der Waals surface area (Å²) in [7, 11) is 1.30. The number of anilines is 1. The van der Waals surface area contributed by atoms with Crippen LogP contribution in [0.15, 0.2) is 30.3 Å². The van der Waals surface area contributed by atoms with Crippen molar-refractivity contribution in [3.05, 3.63) is 30.3 Å². The second-order valence-electron chi connectivity index (χ2n) is 4.12. The van der Waals surface area contributed by atoms with E-state index < -0.39 is 12.0 Å². The van der Waals surface area contributed by atoms with Crippen molar-refractivity contribution in [2.24, 2.45) is 5.73 Å². The van der Waals surface area contributed by atoms with Crippen LogP contribution in [0.25, 0.3) is 0 Å². The van der Waals surface area contributed by atoms with Gasteiger partial charge in [0.05, 0.1) is 12.9 Å². The lowest BCUT2D eigenvalue weighted by Gasteiger charge is -2.21. The molecule has 0 heterocycles. The predicted octanol–water partition coefficient (Wildman–Crippen LogP) is 1.27. The van der Waals surface area contributed by atoms with Crippen LogP contribution in [0.3, 0.4) is 0 Å². The maximum absolute atomic E-state index is 12.1. The van der Waals surface area contributed by atoms with Crippen molar-refractivity contribution in [2.75, 3.05) is 30.1 Å². The van der Waals surface area contributed by atoms with Gasteiger partial charge in [0.2, 0.25) is 5.91 Å². The highest BCUT2D eigenvalue weighted by Gasteiger charge is 2.17. The second kappa shape index (κ2) is 8.60. The summed E-state index contributed by atoms with van der Waals surface area (Å²) in [4.78, 5) is 25.0. The maximum Gasteiger partial charge on any atom is 0.323 e. The number of amides is 1. The standard InChI is InChI=1S/C14H20N2O3S/c1-3-16(11-7-5-4-6-8-11)13(17)10-20-9-12(15)14(18)19-2/h4-8,12H,3,9-10,15H2,1-2H3. The molecule has 1 aromatic rings. The second-order valence-corrected chi connectivity index (χ2v) is 5.15. The Morgan fingerprint density at radius 2 is 2.00 bits per heavy atom. The lowest BCUT2D eigenvalue weighted by atomic mass is 10.3. The highest BCUT2D eigenvalue weighted by Crippen LogP contribution is 2.15. The van der Waals surface area contributed by atoms with E-state index in [0.29, 0.717) is 12.3 Å². The van der Waals surface area contributed by atoms with Crippen molar-refractivity contribution in [1.82, 2.24) is 0 Å². The Balaban J connectivity index is 2.47. The number of para-hydroxylation sites is 1. The van der Waals surface area contributed by atoms with Crippen LogP contribution in [-0.2, 0) is 14.3 Å². The molecule has 0 bridgehead atoms. The van der Waals surface area contributed by atoms with Gasteiger partial charge < -0.3 is 15.4 Å². The first-order chi connectivity index (χ1) is 9.60. The van der Waals surface area contributed by atoms with Gasteiger partial charge in [0.15, 0.2) is 0 Å². The van der Waals surface area contributed by atoms with Crippen molar-refractivity contribution in [2.45, 2.75) is 13.0 Å². The molecule has 110 valence electrons. The summed E-state index contributed by atoms with van der Waals surface area (Å²) < 4.78 is 4.53. The van der Waals surface area contributed by atoms with Crippen LogP contribution in [0.2, 0.25) is 0 Å². The summed E-state index contributed by atoms with van der Waals surface area (Å²) in [5.41, 5.74) is 6.49. The van der Waals surface area contributed by atoms with E-state index in [2.05, 4.69) is 4.74 Å². The Kier molecular flexibility index (Phi) is 7.11. The molecule has 1 aromatic carbocycles. The molecule has 0 radical (unpaired) electrons. The molecule has 0 saturated carbocycles. The van der Waals surface area contributed by atoms with Gasteiger partial charge in [-0.1, -0.05) is 18.2 Å². The average Bonchev–Trinajstić information content (AvgIpc) is 2.48. The normalized spacial score (nSPS) is 11.8. The van der Waals surface area contributed by atoms with Crippen LogP contribution in [0.1, 0.15) is 6.92 Å². The highest BCUT2D eigenvalue weighted by molar-refractivity contribution is 8.00. The number of benzene rings is 1. The summed E-state index contributed by atoms with van der Waals surface area (Å²) in [5.74, 6) is 0.194. The fourth-order valence-corrected chi connectivity index (χ4v) is 2.52. The van der Waals surface area contributed by atoms with E-state index in [4.69, 9.17) is 5.73 Å². The summed E-state index contributed by atoms with van der Waals surface area (Å²) in [5, 5.41) is 0. The number of thioether (sulfide) groups is 1. The lowest BCUT2D eigenvalue weighted by Crippen LogP contribution is -2.36. The predicted molar refractivity (Wildman–Crippen MR) is 81.8 cm³/mol. The largest absolute Gasteiger partial charge is 0.468 e. The number of rotatable bonds is 7. The monoisotopic (exact) mass is 296 g/mol. The topological polar surface area (TPSA) is 72.6 Å². The van der Waals surface area contributed by atoms with Crippen molar-refractivity contribution >= 4 is 29.3 Å². The fourth-order valence-electron chi connectivity index (χ4n) is 1.68. The zero-order valence-corrected chi connectivity index (χ0v) is 12.6. The number of esters is 1. The number of nitrogens with two attached hydrogens (primary N) is 1. The number of hydrogen-bond donors (Lipinski definition) is 1. The molecule has 0 saturated heterocycles. The molecular weight excluding hydrogens is 276 g/mol. The first kappa shape index (κ1) is 16.5. The summed E-state index contributed by atoms with van der Waals surface area (Å²) in [6, 6.07) is 8.80. The van der Waals surface area contributed by atoms with Crippen LogP contribution in [0.4, 0.5) is 5.69 Å². The van der Waals surface area contributed by atoms with Crippen molar-refractivity contribution in [1.29, 1.82) is 0 Å². The smallest absolute Gasteiger partial charge is 0.323 e. The van der Waals surface area contributed by atoms with E-state index in [-0.39, 0.29) is 11.7 Å². The molecule has 1 amide bonds. The minimum atomic E-state index is -0.690. The van der Waals surface area contributed by atoms with Gasteiger partial charge >= 0.3 is 5.97 Å². The fraction of sp³-hybridized carbons (Fsp3) is 0.429. The zero-order chi connectivity index (χ0) is 15.0. The lowest BCUT2D eigenvalue weighted by molar-refractivity contribution is -0.141. The quantitative estimate of drug-likeness (QED) is 0.767. The molecule has 2 N–H and O–H groups in total. The van der Waals surface area contributed by atoms with E-state index in [1.54, 1.807) is 4.90 Å². The molecule has 0 aliphatic heterocycles. The van der Waals surface area contributed by atoms with Crippen molar-refractivity contribution in [3.63, 3.8) is 0 Å². The van der Waals surface area contributed by atoms with Crippen LogP contribution >= 0.6 is 11.8 Å². The molecule has 1 unspecified atom stereocenters. The van der Waals surface area contributed by atoms with Gasteiger partial charge in [-0.3, -0.25) is 9.59 Å². The SMILES string of the molecule is CCN(C(=O)CSCC(N)C(=O)OC)c1ccccc1. The molecule has 0 aliphatic carbocycles. The third-order valence-corrected chi connectivity index (χ3v) is 3.76. The number of carbonyl (C=O) groups is 2. The van der Waals surface area contributed by atoms with Crippen LogP contribution in [0, 0.1) is 0 Å². The minimum absolute atomic E-state index is 0.000709. The molecule has 0 aromatic heterocycles. The third-order valence-electron chi connectivity index (χ3n) is 2.71. The molecule has 5 nitrogen and oxygen atoms in total. The number of hydrogen-bond acceptors (Lipinski definition) is 5. The van der Waals surface area contributed by atoms with Crippen molar-refractivity contribution < 1.29 is 14.3 Å². The van der Waals surface area contributed by atoms with Crippen LogP contribution < -0.4 is 10.6 Å². The summed E-state index contributed by atoms with van der Waals surface area (Å²) in [6.45, 7) is 2.53. The molecule has 1 rings (SSSR count). The minimum Gasteiger partial charge on any atom is -0.468 e. The number of nitrogens with zero attached hydrogens (tertiary/aromatic N) is 1. The molecule has 20 heavy (non-hydrogen) atoms. The van der Waals surface area contributed by atoms with E-state index >= 15 is 0 Å². The van der Waals surface area contributed by atoms with E-state index in [1.807, 2.05) is 37.3 Å². The molecule has 1 atom stereocenters. The molecular formula is C14H20N2O3S. The third kappa shape index (κ3) is 4.86. The Labute approximate surface area is 123 Å². The van der Waals surface area contributed by atoms with Crippen LogP contribution in [0.5, 0.6) is 0 Å². The van der Waals surface area contributed by atoms with Gasteiger partial charge in [-0.2, -0.15) is 0 Å². The highest BCUT2D eigenvalue weighted by atomic mass is 32.2. The summed E-state index contributed by atoms with van der Waals surface area (Å²) in [6.07, 6.45) is 0. The number of ether oxygens (including phenoxy) is 1. The van der Waals surface area contributed by atoms with Crippen LogP contribution in [-0.4, -0.2) is 43.1 Å². The number of carbonyl (C=O) groups excluding carboxylic acids is 2. The van der Waals surface area contributed by atoms with Gasteiger partial charge in [0.25, 0.3) is 0 Å².